The molecule has 3 rings (SSSR count). The number of piperidine rings is 1. The van der Waals surface area contributed by atoms with Crippen LogP contribution in [0.5, 0.6) is 0 Å². The molecule has 1 aromatic carbocycles. The number of hydrogen-bond acceptors (Lipinski definition) is 3. The zero-order valence-corrected chi connectivity index (χ0v) is 14.8. The van der Waals surface area contributed by atoms with Crippen LogP contribution in [0.25, 0.3) is 0 Å². The van der Waals surface area contributed by atoms with Crippen LogP contribution in [0.3, 0.4) is 0 Å². The lowest BCUT2D eigenvalue weighted by atomic mass is 9.89. The van der Waals surface area contributed by atoms with Gasteiger partial charge in [-0.2, -0.15) is 0 Å². The van der Waals surface area contributed by atoms with Crippen molar-refractivity contribution in [2.24, 2.45) is 5.92 Å². The number of carbonyl (C=O) groups is 2. The number of amides is 2. The lowest BCUT2D eigenvalue weighted by Gasteiger charge is -2.28. The Balaban J connectivity index is 0.00000208. The number of carbonyl (C=O) groups excluding carboxylic acids is 2. The van der Waals surface area contributed by atoms with Gasteiger partial charge in [0.25, 0.3) is 5.91 Å². The summed E-state index contributed by atoms with van der Waals surface area (Å²) in [5, 5.41) is 9.20. The Morgan fingerprint density at radius 3 is 2.33 bits per heavy atom. The molecule has 2 fully saturated rings. The summed E-state index contributed by atoms with van der Waals surface area (Å²) >= 11 is 0. The predicted octanol–water partition coefficient (Wildman–Crippen LogP) is 2.00. The minimum absolute atomic E-state index is 0. The van der Waals surface area contributed by atoms with Crippen LogP contribution >= 0.6 is 12.4 Å². The van der Waals surface area contributed by atoms with Crippen molar-refractivity contribution in [3.05, 3.63) is 35.4 Å². The molecule has 0 spiro atoms. The number of fused-ring (bicyclic) bond motifs is 2. The molecule has 2 atom stereocenters. The molecule has 3 N–H and O–H groups in total. The Morgan fingerprint density at radius 2 is 1.75 bits per heavy atom. The van der Waals surface area contributed by atoms with E-state index in [2.05, 4.69) is 16.0 Å². The number of hydrogen-bond donors (Lipinski definition) is 3. The van der Waals surface area contributed by atoms with Crippen LogP contribution < -0.4 is 16.0 Å². The summed E-state index contributed by atoms with van der Waals surface area (Å²) < 4.78 is 0. The molecule has 24 heavy (non-hydrogen) atoms. The van der Waals surface area contributed by atoms with Crippen molar-refractivity contribution in [1.29, 1.82) is 0 Å². The summed E-state index contributed by atoms with van der Waals surface area (Å²) in [6.45, 7) is 0.519. The van der Waals surface area contributed by atoms with Gasteiger partial charge in [-0.3, -0.25) is 9.59 Å². The van der Waals surface area contributed by atoms with Crippen molar-refractivity contribution in [3.63, 3.8) is 0 Å². The third-order valence-electron chi connectivity index (χ3n) is 4.98. The van der Waals surface area contributed by atoms with Gasteiger partial charge in [0.15, 0.2) is 0 Å². The molecule has 0 aromatic heterocycles. The first-order valence-electron chi connectivity index (χ1n) is 8.48. The number of halogens is 1. The molecule has 5 nitrogen and oxygen atoms in total. The maximum Gasteiger partial charge on any atom is 0.251 e. The van der Waals surface area contributed by atoms with E-state index in [1.165, 1.54) is 12.8 Å². The fourth-order valence-electron chi connectivity index (χ4n) is 3.80. The third kappa shape index (κ3) is 4.71. The highest BCUT2D eigenvalue weighted by atomic mass is 35.5. The monoisotopic (exact) mass is 351 g/mol. The number of rotatable bonds is 5. The van der Waals surface area contributed by atoms with Gasteiger partial charge in [0.1, 0.15) is 0 Å². The van der Waals surface area contributed by atoms with Crippen molar-refractivity contribution >= 4 is 24.2 Å². The van der Waals surface area contributed by atoms with Gasteiger partial charge in [0, 0.05) is 37.7 Å². The highest BCUT2D eigenvalue weighted by molar-refractivity contribution is 5.93. The molecule has 0 aliphatic carbocycles. The summed E-state index contributed by atoms with van der Waals surface area (Å²) in [6.07, 6.45) is 5.42. The van der Waals surface area contributed by atoms with E-state index in [0.29, 0.717) is 36.5 Å². The Bertz CT molecular complexity index is 564. The molecule has 2 heterocycles. The summed E-state index contributed by atoms with van der Waals surface area (Å²) in [7, 11) is 1.61. The smallest absolute Gasteiger partial charge is 0.251 e. The number of benzene rings is 1. The second-order valence-electron chi connectivity index (χ2n) is 6.73. The van der Waals surface area contributed by atoms with E-state index in [9.17, 15) is 9.59 Å². The highest BCUT2D eigenvalue weighted by Gasteiger charge is 2.34. The predicted molar refractivity (Wildman–Crippen MR) is 96.2 cm³/mol. The molecule has 0 radical (unpaired) electrons. The largest absolute Gasteiger partial charge is 0.355 e. The first kappa shape index (κ1) is 18.7. The average Bonchev–Trinajstić information content (AvgIpc) is 2.91. The molecule has 132 valence electrons. The molecule has 0 saturated carbocycles. The van der Waals surface area contributed by atoms with E-state index in [4.69, 9.17) is 0 Å². The van der Waals surface area contributed by atoms with Gasteiger partial charge < -0.3 is 16.0 Å². The standard InChI is InChI=1S/C18H25N3O2.ClH/c1-19-18(23)14-4-2-12(3-5-14)11-20-17(22)10-13-8-15-6-7-16(9-13)21-15;/h2-5,13,15-16,21H,6-11H2,1H3,(H,19,23)(H,20,22);1H. The fraction of sp³-hybridized carbons (Fsp3) is 0.556. The quantitative estimate of drug-likeness (QED) is 0.760. The van der Waals surface area contributed by atoms with Crippen LogP contribution in [0.15, 0.2) is 24.3 Å². The van der Waals surface area contributed by atoms with Gasteiger partial charge in [0.05, 0.1) is 0 Å². The summed E-state index contributed by atoms with van der Waals surface area (Å²) in [5.41, 5.74) is 1.64. The molecule has 2 unspecified atom stereocenters. The van der Waals surface area contributed by atoms with Gasteiger partial charge in [0.2, 0.25) is 5.91 Å². The normalized spacial score (nSPS) is 24.8. The lowest BCUT2D eigenvalue weighted by Crippen LogP contribution is -2.39. The van der Waals surface area contributed by atoms with Crippen molar-refractivity contribution in [3.8, 4) is 0 Å². The molecular formula is C18H26ClN3O2. The van der Waals surface area contributed by atoms with Gasteiger partial charge in [-0.1, -0.05) is 12.1 Å². The lowest BCUT2D eigenvalue weighted by molar-refractivity contribution is -0.122. The molecule has 2 amide bonds. The van der Waals surface area contributed by atoms with Gasteiger partial charge in [-0.15, -0.1) is 12.4 Å². The SMILES string of the molecule is CNC(=O)c1ccc(CNC(=O)CC2CC3CCC(C2)N3)cc1.Cl. The van der Waals surface area contributed by atoms with Crippen LogP contribution in [-0.2, 0) is 11.3 Å². The summed E-state index contributed by atoms with van der Waals surface area (Å²) in [5.74, 6) is 0.553. The van der Waals surface area contributed by atoms with Crippen molar-refractivity contribution < 1.29 is 9.59 Å². The molecular weight excluding hydrogens is 326 g/mol. The molecule has 6 heteroatoms. The Labute approximate surface area is 149 Å². The van der Waals surface area contributed by atoms with Gasteiger partial charge >= 0.3 is 0 Å². The van der Waals surface area contributed by atoms with E-state index in [0.717, 1.165) is 18.4 Å². The minimum Gasteiger partial charge on any atom is -0.355 e. The minimum atomic E-state index is -0.0962. The number of nitrogens with one attached hydrogen (secondary N) is 3. The van der Waals surface area contributed by atoms with Crippen LogP contribution in [0.2, 0.25) is 0 Å². The van der Waals surface area contributed by atoms with Crippen LogP contribution in [-0.4, -0.2) is 30.9 Å². The van der Waals surface area contributed by atoms with Crippen LogP contribution in [0.1, 0.15) is 48.0 Å². The Morgan fingerprint density at radius 1 is 1.12 bits per heavy atom. The van der Waals surface area contributed by atoms with E-state index < -0.39 is 0 Å². The summed E-state index contributed by atoms with van der Waals surface area (Å²) in [6, 6.07) is 8.59. The second-order valence-corrected chi connectivity index (χ2v) is 6.73. The second kappa shape index (κ2) is 8.49. The Kier molecular flexibility index (Phi) is 6.63. The topological polar surface area (TPSA) is 70.2 Å². The highest BCUT2D eigenvalue weighted by Crippen LogP contribution is 2.32. The molecule has 2 bridgehead atoms. The fourth-order valence-corrected chi connectivity index (χ4v) is 3.80. The first-order valence-corrected chi connectivity index (χ1v) is 8.48. The molecule has 2 aliphatic rings. The zero-order chi connectivity index (χ0) is 16.2. The molecule has 2 saturated heterocycles. The van der Waals surface area contributed by atoms with E-state index in [1.54, 1.807) is 19.2 Å². The Hall–Kier alpha value is -1.59. The van der Waals surface area contributed by atoms with E-state index in [-0.39, 0.29) is 24.2 Å². The maximum absolute atomic E-state index is 12.1. The average molecular weight is 352 g/mol. The molecule has 1 aromatic rings. The van der Waals surface area contributed by atoms with Gasteiger partial charge in [-0.05, 0) is 49.3 Å². The van der Waals surface area contributed by atoms with Crippen molar-refractivity contribution in [1.82, 2.24) is 16.0 Å². The van der Waals surface area contributed by atoms with Crippen molar-refractivity contribution in [2.75, 3.05) is 7.05 Å². The van der Waals surface area contributed by atoms with Crippen LogP contribution in [0, 0.1) is 5.92 Å². The summed E-state index contributed by atoms with van der Waals surface area (Å²) in [4.78, 5) is 23.6. The molecule has 2 aliphatic heterocycles. The van der Waals surface area contributed by atoms with E-state index in [1.807, 2.05) is 12.1 Å². The third-order valence-corrected chi connectivity index (χ3v) is 4.98. The van der Waals surface area contributed by atoms with E-state index >= 15 is 0 Å². The first-order chi connectivity index (χ1) is 11.1. The van der Waals surface area contributed by atoms with Gasteiger partial charge in [-0.25, -0.2) is 0 Å². The maximum atomic E-state index is 12.1. The van der Waals surface area contributed by atoms with Crippen LogP contribution in [0.4, 0.5) is 0 Å². The zero-order valence-electron chi connectivity index (χ0n) is 14.0. The van der Waals surface area contributed by atoms with Crippen molar-refractivity contribution in [2.45, 2.75) is 50.7 Å².